The Morgan fingerprint density at radius 3 is 2.27 bits per heavy atom. The summed E-state index contributed by atoms with van der Waals surface area (Å²) in [7, 11) is 0. The molecule has 0 saturated carbocycles. The van der Waals surface area contributed by atoms with Crippen LogP contribution in [0.2, 0.25) is 0 Å². The van der Waals surface area contributed by atoms with Crippen molar-refractivity contribution in [1.82, 2.24) is 0 Å². The summed E-state index contributed by atoms with van der Waals surface area (Å²) in [5.41, 5.74) is 2.40. The third-order valence-corrected chi connectivity index (χ3v) is 2.31. The normalized spacial score (nSPS) is 15.4. The molecule has 0 radical (unpaired) electrons. The standard InChI is InChI=1S/C13H10O2/c1-9-2-4-10(5-3-9)12-8-11(14)6-7-13(12)15/h2-8H,1H3. The van der Waals surface area contributed by atoms with Gasteiger partial charge in [-0.25, -0.2) is 0 Å². The van der Waals surface area contributed by atoms with E-state index in [1.165, 1.54) is 18.2 Å². The number of benzene rings is 1. The smallest absolute Gasteiger partial charge is 0.186 e. The zero-order valence-electron chi connectivity index (χ0n) is 8.36. The minimum Gasteiger partial charge on any atom is -0.290 e. The maximum atomic E-state index is 11.5. The molecule has 1 aliphatic rings. The molecule has 1 aromatic rings. The second-order valence-electron chi connectivity index (χ2n) is 3.52. The van der Waals surface area contributed by atoms with Crippen molar-refractivity contribution < 1.29 is 9.59 Å². The Morgan fingerprint density at radius 2 is 1.60 bits per heavy atom. The van der Waals surface area contributed by atoms with E-state index in [0.717, 1.165) is 11.1 Å². The Hall–Kier alpha value is -1.96. The second kappa shape index (κ2) is 3.65. The molecule has 1 aromatic carbocycles. The molecule has 0 saturated heterocycles. The van der Waals surface area contributed by atoms with Crippen LogP contribution in [0.25, 0.3) is 5.57 Å². The molecule has 2 heteroatoms. The van der Waals surface area contributed by atoms with E-state index in [-0.39, 0.29) is 11.6 Å². The summed E-state index contributed by atoms with van der Waals surface area (Å²) in [6.07, 6.45) is 3.99. The van der Waals surface area contributed by atoms with Crippen LogP contribution in [0.4, 0.5) is 0 Å². The first kappa shape index (κ1) is 9.59. The van der Waals surface area contributed by atoms with Gasteiger partial charge < -0.3 is 0 Å². The van der Waals surface area contributed by atoms with Gasteiger partial charge in [0, 0.05) is 5.57 Å². The number of carbonyl (C=O) groups is 2. The molecule has 0 atom stereocenters. The molecule has 2 rings (SSSR count). The van der Waals surface area contributed by atoms with E-state index in [0.29, 0.717) is 5.57 Å². The molecule has 74 valence electrons. The summed E-state index contributed by atoms with van der Waals surface area (Å²) in [5, 5.41) is 0. The van der Waals surface area contributed by atoms with Gasteiger partial charge in [-0.15, -0.1) is 0 Å². The summed E-state index contributed by atoms with van der Waals surface area (Å²) >= 11 is 0. The fourth-order valence-corrected chi connectivity index (χ4v) is 1.47. The highest BCUT2D eigenvalue weighted by molar-refractivity contribution is 6.33. The lowest BCUT2D eigenvalue weighted by atomic mass is 9.96. The molecule has 0 unspecified atom stereocenters. The van der Waals surface area contributed by atoms with Gasteiger partial charge >= 0.3 is 0 Å². The van der Waals surface area contributed by atoms with Crippen LogP contribution in [0.5, 0.6) is 0 Å². The van der Waals surface area contributed by atoms with Gasteiger partial charge in [-0.3, -0.25) is 9.59 Å². The van der Waals surface area contributed by atoms with Gasteiger partial charge in [0.15, 0.2) is 11.6 Å². The Morgan fingerprint density at radius 1 is 0.933 bits per heavy atom. The molecule has 0 N–H and O–H groups in total. The van der Waals surface area contributed by atoms with Crippen LogP contribution in [-0.2, 0) is 9.59 Å². The van der Waals surface area contributed by atoms with Crippen molar-refractivity contribution in [3.05, 3.63) is 53.6 Å². The quantitative estimate of drug-likeness (QED) is 0.647. The van der Waals surface area contributed by atoms with Gasteiger partial charge in [-0.1, -0.05) is 29.8 Å². The van der Waals surface area contributed by atoms with Crippen molar-refractivity contribution in [2.24, 2.45) is 0 Å². The SMILES string of the molecule is Cc1ccc(C2=CC(=O)C=CC2=O)cc1. The van der Waals surface area contributed by atoms with Crippen LogP contribution in [0.3, 0.4) is 0 Å². The maximum absolute atomic E-state index is 11.5. The minimum absolute atomic E-state index is 0.113. The van der Waals surface area contributed by atoms with Crippen LogP contribution < -0.4 is 0 Å². The zero-order valence-corrected chi connectivity index (χ0v) is 8.36. The number of rotatable bonds is 1. The van der Waals surface area contributed by atoms with E-state index in [2.05, 4.69) is 0 Å². The first-order valence-corrected chi connectivity index (χ1v) is 4.72. The highest BCUT2D eigenvalue weighted by atomic mass is 16.1. The lowest BCUT2D eigenvalue weighted by molar-refractivity contribution is -0.113. The number of carbonyl (C=O) groups excluding carboxylic acids is 2. The fourth-order valence-electron chi connectivity index (χ4n) is 1.47. The molecule has 0 amide bonds. The van der Waals surface area contributed by atoms with Gasteiger partial charge in [-0.2, -0.15) is 0 Å². The van der Waals surface area contributed by atoms with Crippen LogP contribution in [0.15, 0.2) is 42.5 Å². The van der Waals surface area contributed by atoms with E-state index in [1.807, 2.05) is 31.2 Å². The zero-order chi connectivity index (χ0) is 10.8. The molecular weight excluding hydrogens is 188 g/mol. The van der Waals surface area contributed by atoms with Gasteiger partial charge in [0.2, 0.25) is 0 Å². The van der Waals surface area contributed by atoms with E-state index in [9.17, 15) is 9.59 Å². The van der Waals surface area contributed by atoms with E-state index < -0.39 is 0 Å². The fraction of sp³-hybridized carbons (Fsp3) is 0.0769. The average molecular weight is 198 g/mol. The predicted octanol–water partition coefficient (Wildman–Crippen LogP) is 2.09. The average Bonchev–Trinajstić information content (AvgIpc) is 2.23. The lowest BCUT2D eigenvalue weighted by Gasteiger charge is -2.06. The highest BCUT2D eigenvalue weighted by Crippen LogP contribution is 2.19. The van der Waals surface area contributed by atoms with Crippen molar-refractivity contribution >= 4 is 17.1 Å². The molecule has 0 aliphatic heterocycles. The number of allylic oxidation sites excluding steroid dienone is 4. The van der Waals surface area contributed by atoms with E-state index >= 15 is 0 Å². The molecule has 2 nitrogen and oxygen atoms in total. The van der Waals surface area contributed by atoms with E-state index in [4.69, 9.17) is 0 Å². The van der Waals surface area contributed by atoms with Crippen molar-refractivity contribution in [1.29, 1.82) is 0 Å². The predicted molar refractivity (Wildman–Crippen MR) is 58.3 cm³/mol. The minimum atomic E-state index is -0.134. The molecule has 0 bridgehead atoms. The Bertz CT molecular complexity index is 476. The molecule has 15 heavy (non-hydrogen) atoms. The summed E-state index contributed by atoms with van der Waals surface area (Å²) < 4.78 is 0. The summed E-state index contributed by atoms with van der Waals surface area (Å²) in [4.78, 5) is 22.7. The van der Waals surface area contributed by atoms with Crippen LogP contribution >= 0.6 is 0 Å². The first-order chi connectivity index (χ1) is 7.16. The second-order valence-corrected chi connectivity index (χ2v) is 3.52. The monoisotopic (exact) mass is 198 g/mol. The molecule has 0 heterocycles. The first-order valence-electron chi connectivity index (χ1n) is 4.72. The summed E-state index contributed by atoms with van der Waals surface area (Å²) in [5.74, 6) is -0.247. The maximum Gasteiger partial charge on any atom is 0.186 e. The molecule has 0 aromatic heterocycles. The third kappa shape index (κ3) is 1.94. The van der Waals surface area contributed by atoms with Crippen LogP contribution in [0.1, 0.15) is 11.1 Å². The molecule has 0 fully saturated rings. The molecule has 1 aliphatic carbocycles. The number of ketones is 2. The lowest BCUT2D eigenvalue weighted by Crippen LogP contribution is -2.06. The summed E-state index contributed by atoms with van der Waals surface area (Å²) in [6.45, 7) is 1.98. The number of aryl methyl sites for hydroxylation is 1. The highest BCUT2D eigenvalue weighted by Gasteiger charge is 2.14. The van der Waals surface area contributed by atoms with Crippen LogP contribution in [-0.4, -0.2) is 11.6 Å². The Labute approximate surface area is 87.9 Å². The van der Waals surface area contributed by atoms with Gasteiger partial charge in [0.05, 0.1) is 0 Å². The van der Waals surface area contributed by atoms with Crippen molar-refractivity contribution in [2.75, 3.05) is 0 Å². The van der Waals surface area contributed by atoms with Gasteiger partial charge in [0.1, 0.15) is 0 Å². The Balaban J connectivity index is 2.43. The van der Waals surface area contributed by atoms with Crippen molar-refractivity contribution in [2.45, 2.75) is 6.92 Å². The van der Waals surface area contributed by atoms with Gasteiger partial charge in [0.25, 0.3) is 0 Å². The van der Waals surface area contributed by atoms with Crippen LogP contribution in [0, 0.1) is 6.92 Å². The number of hydrogen-bond acceptors (Lipinski definition) is 2. The third-order valence-electron chi connectivity index (χ3n) is 2.31. The summed E-state index contributed by atoms with van der Waals surface area (Å²) in [6, 6.07) is 7.55. The topological polar surface area (TPSA) is 34.1 Å². The Kier molecular flexibility index (Phi) is 2.34. The molecule has 0 spiro atoms. The van der Waals surface area contributed by atoms with E-state index in [1.54, 1.807) is 0 Å². The van der Waals surface area contributed by atoms with Crippen molar-refractivity contribution in [3.63, 3.8) is 0 Å². The van der Waals surface area contributed by atoms with Gasteiger partial charge in [-0.05, 0) is 30.7 Å². The number of hydrogen-bond donors (Lipinski definition) is 0. The van der Waals surface area contributed by atoms with Crippen molar-refractivity contribution in [3.8, 4) is 0 Å². The largest absolute Gasteiger partial charge is 0.290 e. The molecular formula is C13H10O2.